The minimum Gasteiger partial charge on any atom is -0.268 e. The number of benzene rings is 2. The van der Waals surface area contributed by atoms with Gasteiger partial charge in [0.1, 0.15) is 0 Å². The maximum atomic E-state index is 13.4. The molecular formula is C20H6N6O2S2. The summed E-state index contributed by atoms with van der Waals surface area (Å²) in [5.74, 6) is 0. The van der Waals surface area contributed by atoms with Crippen molar-refractivity contribution < 1.29 is 0 Å². The van der Waals surface area contributed by atoms with E-state index in [9.17, 15) is 9.59 Å². The lowest BCUT2D eigenvalue weighted by Crippen LogP contribution is -2.16. The summed E-state index contributed by atoms with van der Waals surface area (Å²) in [7, 11) is 0. The van der Waals surface area contributed by atoms with E-state index in [4.69, 9.17) is 0 Å². The summed E-state index contributed by atoms with van der Waals surface area (Å²) < 4.78 is 3.13. The van der Waals surface area contributed by atoms with E-state index in [1.165, 1.54) is 22.7 Å². The number of thiazole rings is 2. The topological polar surface area (TPSA) is 94.5 Å². The van der Waals surface area contributed by atoms with E-state index in [0.717, 1.165) is 21.5 Å². The van der Waals surface area contributed by atoms with E-state index in [2.05, 4.69) is 19.9 Å². The van der Waals surface area contributed by atoms with Crippen molar-refractivity contribution in [1.82, 2.24) is 28.7 Å². The summed E-state index contributed by atoms with van der Waals surface area (Å²) in [5, 5.41) is 4.22. The molecule has 6 aromatic heterocycles. The van der Waals surface area contributed by atoms with Gasteiger partial charge in [0, 0.05) is 32.3 Å². The summed E-state index contributed by atoms with van der Waals surface area (Å²) in [6.45, 7) is 0. The zero-order valence-corrected chi connectivity index (χ0v) is 16.4. The van der Waals surface area contributed by atoms with Crippen LogP contribution >= 0.6 is 22.7 Å². The van der Waals surface area contributed by atoms with Crippen molar-refractivity contribution in [2.75, 3.05) is 0 Å². The first-order chi connectivity index (χ1) is 14.7. The third kappa shape index (κ3) is 1.47. The average Bonchev–Trinajstić information content (AvgIpc) is 3.49. The molecule has 0 N–H and O–H groups in total. The van der Waals surface area contributed by atoms with Crippen molar-refractivity contribution in [3.8, 4) is 0 Å². The third-order valence-corrected chi connectivity index (χ3v) is 7.25. The second-order valence-corrected chi connectivity index (χ2v) is 8.85. The summed E-state index contributed by atoms with van der Waals surface area (Å²) in [4.78, 5) is 46.2. The fraction of sp³-hybridized carbons (Fsp3) is 0. The number of hydrogen-bond acceptors (Lipinski definition) is 8. The van der Waals surface area contributed by atoms with Gasteiger partial charge in [0.25, 0.3) is 11.1 Å². The molecule has 0 saturated carbocycles. The van der Waals surface area contributed by atoms with Gasteiger partial charge in [-0.3, -0.25) is 9.59 Å². The average molecular weight is 426 g/mol. The number of imidazole rings is 2. The van der Waals surface area contributed by atoms with Crippen molar-refractivity contribution in [2.24, 2.45) is 0 Å². The summed E-state index contributed by atoms with van der Waals surface area (Å²) >= 11 is 2.80. The van der Waals surface area contributed by atoms with E-state index in [0.29, 0.717) is 43.0 Å². The van der Waals surface area contributed by atoms with Crippen LogP contribution in [0.25, 0.3) is 64.6 Å². The fourth-order valence-corrected chi connectivity index (χ4v) is 5.91. The molecule has 0 aliphatic rings. The van der Waals surface area contributed by atoms with Crippen molar-refractivity contribution in [2.45, 2.75) is 0 Å². The minimum atomic E-state index is -0.182. The number of pyridine rings is 2. The highest BCUT2D eigenvalue weighted by molar-refractivity contribution is 7.16. The highest BCUT2D eigenvalue weighted by atomic mass is 32.1. The second-order valence-electron chi connectivity index (χ2n) is 7.19. The standard InChI is InChI=1S/C20H6N6O2S2/c27-19-9-3-1-7-11-10(20(28)25-13(7)23-17-15(25)21-5-29-17)4-2-8(12(9)11)14-24-18-16(26(14)19)22-6-30-18/h1-6H. The largest absolute Gasteiger partial charge is 0.268 e. The highest BCUT2D eigenvalue weighted by Gasteiger charge is 2.23. The van der Waals surface area contributed by atoms with Gasteiger partial charge in [-0.15, -0.1) is 22.7 Å². The van der Waals surface area contributed by atoms with Gasteiger partial charge in [-0.1, -0.05) is 0 Å². The van der Waals surface area contributed by atoms with Crippen LogP contribution in [-0.4, -0.2) is 28.7 Å². The maximum Gasteiger partial charge on any atom is 0.265 e. The van der Waals surface area contributed by atoms with Crippen LogP contribution in [0.15, 0.2) is 44.9 Å². The van der Waals surface area contributed by atoms with E-state index in [-0.39, 0.29) is 11.1 Å². The van der Waals surface area contributed by atoms with Gasteiger partial charge in [-0.25, -0.2) is 28.7 Å². The monoisotopic (exact) mass is 426 g/mol. The molecule has 0 spiro atoms. The Hall–Kier alpha value is -3.76. The summed E-state index contributed by atoms with van der Waals surface area (Å²) in [6, 6.07) is 7.37. The van der Waals surface area contributed by atoms with Crippen LogP contribution in [0.3, 0.4) is 0 Å². The second kappa shape index (κ2) is 4.69. The molecule has 30 heavy (non-hydrogen) atoms. The lowest BCUT2D eigenvalue weighted by Gasteiger charge is -2.11. The molecule has 0 aliphatic carbocycles. The Morgan fingerprint density at radius 3 is 1.50 bits per heavy atom. The molecule has 0 radical (unpaired) electrons. The summed E-state index contributed by atoms with van der Waals surface area (Å²) in [6.07, 6.45) is 0. The predicted octanol–water partition coefficient (Wildman–Crippen LogP) is 3.26. The number of fused-ring (bicyclic) bond motifs is 8. The normalized spacial score (nSPS) is 12.9. The Labute approximate surface area is 172 Å². The van der Waals surface area contributed by atoms with Gasteiger partial charge in [0.05, 0.1) is 11.0 Å². The van der Waals surface area contributed by atoms with Gasteiger partial charge in [0.15, 0.2) is 32.2 Å². The quantitative estimate of drug-likeness (QED) is 0.346. The maximum absolute atomic E-state index is 13.4. The van der Waals surface area contributed by atoms with Gasteiger partial charge in [-0.2, -0.15) is 0 Å². The van der Waals surface area contributed by atoms with E-state index in [1.54, 1.807) is 19.8 Å². The van der Waals surface area contributed by atoms with Crippen LogP contribution in [0.1, 0.15) is 0 Å². The van der Waals surface area contributed by atoms with Crippen LogP contribution in [0.4, 0.5) is 0 Å². The van der Waals surface area contributed by atoms with Crippen LogP contribution in [0.5, 0.6) is 0 Å². The van der Waals surface area contributed by atoms with Crippen LogP contribution < -0.4 is 11.1 Å². The Morgan fingerprint density at radius 2 is 1.03 bits per heavy atom. The zero-order valence-electron chi connectivity index (χ0n) is 14.8. The van der Waals surface area contributed by atoms with Crippen molar-refractivity contribution in [3.05, 3.63) is 56.0 Å². The lowest BCUT2D eigenvalue weighted by molar-refractivity contribution is 1.15. The summed E-state index contributed by atoms with van der Waals surface area (Å²) in [5.41, 5.74) is 5.27. The molecule has 0 aliphatic heterocycles. The molecular weight excluding hydrogens is 420 g/mol. The van der Waals surface area contributed by atoms with Crippen LogP contribution in [0, 0.1) is 0 Å². The fourth-order valence-electron chi connectivity index (χ4n) is 4.63. The Kier molecular flexibility index (Phi) is 2.36. The minimum absolute atomic E-state index is 0.182. The third-order valence-electron chi connectivity index (χ3n) is 5.83. The van der Waals surface area contributed by atoms with Gasteiger partial charge in [0.2, 0.25) is 0 Å². The van der Waals surface area contributed by atoms with Crippen molar-refractivity contribution >= 4 is 87.2 Å². The number of hydrogen-bond donors (Lipinski definition) is 0. The number of rotatable bonds is 0. The van der Waals surface area contributed by atoms with Gasteiger partial charge in [-0.05, 0) is 24.3 Å². The Balaban J connectivity index is 1.76. The van der Waals surface area contributed by atoms with Gasteiger partial charge >= 0.3 is 0 Å². The van der Waals surface area contributed by atoms with Crippen LogP contribution in [-0.2, 0) is 0 Å². The first-order valence-corrected chi connectivity index (χ1v) is 10.8. The molecule has 8 aromatic rings. The zero-order chi connectivity index (χ0) is 19.7. The smallest absolute Gasteiger partial charge is 0.265 e. The Morgan fingerprint density at radius 1 is 0.600 bits per heavy atom. The molecule has 140 valence electrons. The molecule has 6 heterocycles. The molecule has 8 nitrogen and oxygen atoms in total. The molecule has 2 aromatic carbocycles. The molecule has 0 unspecified atom stereocenters. The first-order valence-electron chi connectivity index (χ1n) is 9.06. The molecule has 0 fully saturated rings. The van der Waals surface area contributed by atoms with Crippen molar-refractivity contribution in [1.29, 1.82) is 0 Å². The van der Waals surface area contributed by atoms with Crippen molar-refractivity contribution in [3.63, 3.8) is 0 Å². The molecule has 10 heteroatoms. The molecule has 0 saturated heterocycles. The number of aromatic nitrogens is 6. The predicted molar refractivity (Wildman–Crippen MR) is 118 cm³/mol. The molecule has 0 amide bonds. The lowest BCUT2D eigenvalue weighted by atomic mass is 9.96. The van der Waals surface area contributed by atoms with E-state index < -0.39 is 0 Å². The van der Waals surface area contributed by atoms with Crippen LogP contribution in [0.2, 0.25) is 0 Å². The van der Waals surface area contributed by atoms with Gasteiger partial charge < -0.3 is 0 Å². The molecule has 0 bridgehead atoms. The Bertz CT molecular complexity index is 1960. The number of nitrogens with zero attached hydrogens (tertiary/aromatic N) is 6. The van der Waals surface area contributed by atoms with E-state index >= 15 is 0 Å². The molecule has 8 rings (SSSR count). The van der Waals surface area contributed by atoms with E-state index in [1.807, 2.05) is 24.3 Å². The highest BCUT2D eigenvalue weighted by Crippen LogP contribution is 2.36. The molecule has 0 atom stereocenters. The first kappa shape index (κ1) is 15.1. The SMILES string of the molecule is O=c1c2ccc3c4c(ccc(c24)c2nc4scnc4n12)c(=O)n1c2ncsc2nc31.